The number of aliphatic carboxylic acids is 1. The summed E-state index contributed by atoms with van der Waals surface area (Å²) in [6.45, 7) is 0.274. The average Bonchev–Trinajstić information content (AvgIpc) is 2.27. The molecule has 0 aliphatic heterocycles. The standard InChI is InChI=1S/C11H12F3NO2S/c12-11(13,14)8-2-1-3-9(6-8)18-5-4-15-7-10(16)17/h1-3,6,15H,4-5,7H2,(H,16,17). The molecule has 1 aromatic rings. The molecule has 0 unspecified atom stereocenters. The predicted octanol–water partition coefficient (Wildman–Crippen LogP) is 2.47. The van der Waals surface area contributed by atoms with Crippen LogP contribution in [0.1, 0.15) is 5.56 Å². The van der Waals surface area contributed by atoms with Crippen LogP contribution in [0, 0.1) is 0 Å². The van der Waals surface area contributed by atoms with Crippen LogP contribution in [0.4, 0.5) is 13.2 Å². The molecule has 0 aliphatic rings. The Morgan fingerprint density at radius 1 is 1.39 bits per heavy atom. The van der Waals surface area contributed by atoms with Crippen LogP contribution < -0.4 is 5.32 Å². The van der Waals surface area contributed by atoms with Crippen molar-refractivity contribution in [2.75, 3.05) is 18.8 Å². The fraction of sp³-hybridized carbons (Fsp3) is 0.364. The van der Waals surface area contributed by atoms with E-state index in [0.717, 1.165) is 12.1 Å². The zero-order chi connectivity index (χ0) is 13.6. The summed E-state index contributed by atoms with van der Waals surface area (Å²) in [5.41, 5.74) is -0.675. The van der Waals surface area contributed by atoms with E-state index in [1.54, 1.807) is 6.07 Å². The van der Waals surface area contributed by atoms with Crippen molar-refractivity contribution in [3.63, 3.8) is 0 Å². The van der Waals surface area contributed by atoms with Crippen molar-refractivity contribution in [2.45, 2.75) is 11.1 Å². The number of rotatable bonds is 6. The van der Waals surface area contributed by atoms with E-state index in [1.165, 1.54) is 17.8 Å². The molecule has 0 aromatic heterocycles. The second-order valence-corrected chi connectivity index (χ2v) is 4.61. The molecule has 0 fully saturated rings. The predicted molar refractivity (Wildman–Crippen MR) is 62.7 cm³/mol. The van der Waals surface area contributed by atoms with Crippen LogP contribution in [-0.2, 0) is 11.0 Å². The minimum Gasteiger partial charge on any atom is -0.480 e. The lowest BCUT2D eigenvalue weighted by molar-refractivity contribution is -0.138. The van der Waals surface area contributed by atoms with Crippen LogP contribution in [0.5, 0.6) is 0 Å². The second-order valence-electron chi connectivity index (χ2n) is 3.44. The molecule has 0 saturated heterocycles. The zero-order valence-electron chi connectivity index (χ0n) is 9.33. The van der Waals surface area contributed by atoms with Gasteiger partial charge in [-0.3, -0.25) is 4.79 Å². The Labute approximate surface area is 106 Å². The minimum atomic E-state index is -4.34. The maximum Gasteiger partial charge on any atom is 0.416 e. The van der Waals surface area contributed by atoms with Crippen LogP contribution in [-0.4, -0.2) is 29.9 Å². The number of carbonyl (C=O) groups is 1. The minimum absolute atomic E-state index is 0.150. The van der Waals surface area contributed by atoms with Gasteiger partial charge in [0.25, 0.3) is 0 Å². The Morgan fingerprint density at radius 3 is 2.72 bits per heavy atom. The van der Waals surface area contributed by atoms with Crippen molar-refractivity contribution < 1.29 is 23.1 Å². The van der Waals surface area contributed by atoms with E-state index in [0.29, 0.717) is 17.2 Å². The first-order valence-electron chi connectivity index (χ1n) is 5.12. The normalized spacial score (nSPS) is 11.5. The summed E-state index contributed by atoms with van der Waals surface area (Å²) in [6, 6.07) is 5.06. The fourth-order valence-corrected chi connectivity index (χ4v) is 2.07. The monoisotopic (exact) mass is 279 g/mol. The molecular weight excluding hydrogens is 267 g/mol. The highest BCUT2D eigenvalue weighted by molar-refractivity contribution is 7.99. The van der Waals surface area contributed by atoms with Crippen molar-refractivity contribution in [2.24, 2.45) is 0 Å². The van der Waals surface area contributed by atoms with E-state index in [2.05, 4.69) is 5.32 Å². The average molecular weight is 279 g/mol. The maximum absolute atomic E-state index is 12.4. The van der Waals surface area contributed by atoms with Crippen LogP contribution >= 0.6 is 11.8 Å². The number of nitrogens with one attached hydrogen (secondary N) is 1. The van der Waals surface area contributed by atoms with Gasteiger partial charge >= 0.3 is 12.1 Å². The number of hydrogen-bond donors (Lipinski definition) is 2. The lowest BCUT2D eigenvalue weighted by Gasteiger charge is -2.08. The van der Waals surface area contributed by atoms with Crippen LogP contribution in [0.15, 0.2) is 29.2 Å². The molecule has 100 valence electrons. The van der Waals surface area contributed by atoms with Crippen molar-refractivity contribution >= 4 is 17.7 Å². The van der Waals surface area contributed by atoms with Gasteiger partial charge in [-0.2, -0.15) is 13.2 Å². The Kier molecular flexibility index (Phi) is 5.49. The third-order valence-corrected chi connectivity index (χ3v) is 2.98. The molecule has 0 atom stereocenters. The molecule has 1 aromatic carbocycles. The number of thioether (sulfide) groups is 1. The molecule has 0 spiro atoms. The molecular formula is C11H12F3NO2S. The SMILES string of the molecule is O=C(O)CNCCSc1cccc(C(F)(F)F)c1. The maximum atomic E-state index is 12.4. The first kappa shape index (κ1) is 14.8. The summed E-state index contributed by atoms with van der Waals surface area (Å²) in [4.78, 5) is 10.7. The van der Waals surface area contributed by atoms with Gasteiger partial charge in [0.1, 0.15) is 0 Å². The molecule has 0 saturated carbocycles. The second kappa shape index (κ2) is 6.65. The summed E-state index contributed by atoms with van der Waals surface area (Å²) in [5.74, 6) is -0.451. The topological polar surface area (TPSA) is 49.3 Å². The van der Waals surface area contributed by atoms with Gasteiger partial charge in [-0.1, -0.05) is 6.07 Å². The molecule has 2 N–H and O–H groups in total. The Morgan fingerprint density at radius 2 is 2.11 bits per heavy atom. The third kappa shape index (κ3) is 5.42. The summed E-state index contributed by atoms with van der Waals surface area (Å²) in [7, 11) is 0. The first-order chi connectivity index (χ1) is 8.39. The Bertz CT molecular complexity index is 410. The number of carboxylic acid groups (broad SMARTS) is 1. The number of benzene rings is 1. The van der Waals surface area contributed by atoms with Crippen molar-refractivity contribution in [1.29, 1.82) is 0 Å². The van der Waals surface area contributed by atoms with Gasteiger partial charge in [0, 0.05) is 17.2 Å². The van der Waals surface area contributed by atoms with Gasteiger partial charge in [0.15, 0.2) is 0 Å². The summed E-state index contributed by atoms with van der Waals surface area (Å²) < 4.78 is 37.2. The smallest absolute Gasteiger partial charge is 0.416 e. The Hall–Kier alpha value is -1.21. The number of alkyl halides is 3. The van der Waals surface area contributed by atoms with E-state index in [1.807, 2.05) is 0 Å². The molecule has 7 heteroatoms. The summed E-state index contributed by atoms with van der Waals surface area (Å²) >= 11 is 1.25. The lowest BCUT2D eigenvalue weighted by atomic mass is 10.2. The van der Waals surface area contributed by atoms with Crippen molar-refractivity contribution in [3.05, 3.63) is 29.8 Å². The number of halogens is 3. The van der Waals surface area contributed by atoms with E-state index in [4.69, 9.17) is 5.11 Å². The Balaban J connectivity index is 2.41. The molecule has 0 bridgehead atoms. The van der Waals surface area contributed by atoms with Gasteiger partial charge < -0.3 is 10.4 Å². The van der Waals surface area contributed by atoms with Gasteiger partial charge in [-0.05, 0) is 18.2 Å². The van der Waals surface area contributed by atoms with Gasteiger partial charge in [-0.15, -0.1) is 11.8 Å². The molecule has 0 radical (unpaired) electrons. The molecule has 18 heavy (non-hydrogen) atoms. The number of hydrogen-bond acceptors (Lipinski definition) is 3. The van der Waals surface area contributed by atoms with E-state index in [-0.39, 0.29) is 6.54 Å². The summed E-state index contributed by atoms with van der Waals surface area (Å²) in [5, 5.41) is 11.0. The highest BCUT2D eigenvalue weighted by Crippen LogP contribution is 2.31. The zero-order valence-corrected chi connectivity index (χ0v) is 10.1. The van der Waals surface area contributed by atoms with Gasteiger partial charge in [0.05, 0.1) is 12.1 Å². The van der Waals surface area contributed by atoms with Gasteiger partial charge in [0.2, 0.25) is 0 Å². The molecule has 0 amide bonds. The lowest BCUT2D eigenvalue weighted by Crippen LogP contribution is -2.24. The van der Waals surface area contributed by atoms with Crippen LogP contribution in [0.25, 0.3) is 0 Å². The van der Waals surface area contributed by atoms with Crippen LogP contribution in [0.2, 0.25) is 0 Å². The quantitative estimate of drug-likeness (QED) is 0.620. The highest BCUT2D eigenvalue weighted by atomic mass is 32.2. The number of carboxylic acids is 1. The van der Waals surface area contributed by atoms with Crippen molar-refractivity contribution in [3.8, 4) is 0 Å². The van der Waals surface area contributed by atoms with E-state index in [9.17, 15) is 18.0 Å². The van der Waals surface area contributed by atoms with Crippen LogP contribution in [0.3, 0.4) is 0 Å². The van der Waals surface area contributed by atoms with Gasteiger partial charge in [-0.25, -0.2) is 0 Å². The van der Waals surface area contributed by atoms with Crippen molar-refractivity contribution in [1.82, 2.24) is 5.32 Å². The summed E-state index contributed by atoms with van der Waals surface area (Å²) in [6.07, 6.45) is -4.34. The highest BCUT2D eigenvalue weighted by Gasteiger charge is 2.30. The van der Waals surface area contributed by atoms with E-state index < -0.39 is 17.7 Å². The fourth-order valence-electron chi connectivity index (χ4n) is 1.20. The molecule has 0 aliphatic carbocycles. The molecule has 1 rings (SSSR count). The molecule has 3 nitrogen and oxygen atoms in total. The molecule has 0 heterocycles. The third-order valence-electron chi connectivity index (χ3n) is 1.99. The first-order valence-corrected chi connectivity index (χ1v) is 6.11. The van der Waals surface area contributed by atoms with E-state index >= 15 is 0 Å². The largest absolute Gasteiger partial charge is 0.480 e.